The summed E-state index contributed by atoms with van der Waals surface area (Å²) in [5.74, 6) is 1.07. The molecule has 6 heteroatoms. The number of nitrogens with zero attached hydrogens (tertiary/aromatic N) is 2. The molecule has 0 unspecified atom stereocenters. The Hall–Kier alpha value is -3.25. The highest BCUT2D eigenvalue weighted by molar-refractivity contribution is 7.13. The second-order valence-corrected chi connectivity index (χ2v) is 7.43. The molecule has 0 saturated heterocycles. The summed E-state index contributed by atoms with van der Waals surface area (Å²) >= 11 is 1.58. The lowest BCUT2D eigenvalue weighted by Crippen LogP contribution is -2.15. The average Bonchev–Trinajstić information content (AvgIpc) is 3.33. The van der Waals surface area contributed by atoms with Gasteiger partial charge in [-0.3, -0.25) is 4.79 Å². The van der Waals surface area contributed by atoms with E-state index in [0.717, 1.165) is 27.4 Å². The van der Waals surface area contributed by atoms with Gasteiger partial charge in [0.15, 0.2) is 0 Å². The lowest BCUT2D eigenvalue weighted by molar-refractivity contribution is -0.115. The van der Waals surface area contributed by atoms with Crippen molar-refractivity contribution in [2.24, 2.45) is 0 Å². The Morgan fingerprint density at radius 2 is 1.93 bits per heavy atom. The highest BCUT2D eigenvalue weighted by atomic mass is 32.1. The summed E-state index contributed by atoms with van der Waals surface area (Å²) in [6, 6.07) is 15.6. The molecule has 1 amide bonds. The van der Waals surface area contributed by atoms with Crippen molar-refractivity contribution in [2.75, 3.05) is 5.32 Å². The van der Waals surface area contributed by atoms with Crippen LogP contribution in [0.15, 0.2) is 64.5 Å². The Morgan fingerprint density at radius 1 is 1.11 bits per heavy atom. The number of amides is 1. The number of hydrogen-bond donors (Lipinski definition) is 1. The minimum absolute atomic E-state index is 0.130. The molecule has 5 nitrogen and oxygen atoms in total. The second kappa shape index (κ2) is 7.78. The van der Waals surface area contributed by atoms with E-state index in [9.17, 15) is 4.79 Å². The topological polar surface area (TPSA) is 68.0 Å². The van der Waals surface area contributed by atoms with Gasteiger partial charge in [0.1, 0.15) is 10.8 Å². The van der Waals surface area contributed by atoms with Gasteiger partial charge in [-0.2, -0.15) is 0 Å². The van der Waals surface area contributed by atoms with Gasteiger partial charge >= 0.3 is 0 Å². The number of carbonyl (C=O) groups excluding carboxylic acids is 1. The number of anilines is 1. The minimum atomic E-state index is -0.130. The SMILES string of the molecule is Cc1cccc(-c2nc(CC(=O)Nc3ccc(-c4nccs4)cc3)c(C)o2)c1. The molecule has 0 atom stereocenters. The van der Waals surface area contributed by atoms with E-state index in [-0.39, 0.29) is 12.3 Å². The van der Waals surface area contributed by atoms with Gasteiger partial charge in [-0.15, -0.1) is 11.3 Å². The highest BCUT2D eigenvalue weighted by Crippen LogP contribution is 2.24. The molecule has 1 N–H and O–H groups in total. The number of thiazole rings is 1. The molecule has 0 saturated carbocycles. The number of oxazole rings is 1. The minimum Gasteiger partial charge on any atom is -0.441 e. The van der Waals surface area contributed by atoms with Gasteiger partial charge < -0.3 is 9.73 Å². The van der Waals surface area contributed by atoms with E-state index in [1.165, 1.54) is 0 Å². The molecule has 2 heterocycles. The zero-order valence-electron chi connectivity index (χ0n) is 15.6. The van der Waals surface area contributed by atoms with E-state index in [1.807, 2.05) is 67.8 Å². The summed E-state index contributed by atoms with van der Waals surface area (Å²) in [7, 11) is 0. The highest BCUT2D eigenvalue weighted by Gasteiger charge is 2.15. The van der Waals surface area contributed by atoms with Gasteiger partial charge in [0, 0.05) is 28.4 Å². The first-order chi connectivity index (χ1) is 13.6. The first-order valence-corrected chi connectivity index (χ1v) is 9.79. The Kier molecular flexibility index (Phi) is 5.04. The summed E-state index contributed by atoms with van der Waals surface area (Å²) in [6.45, 7) is 3.85. The first kappa shape index (κ1) is 18.1. The van der Waals surface area contributed by atoms with Crippen molar-refractivity contribution in [3.63, 3.8) is 0 Å². The Bertz CT molecular complexity index is 1100. The van der Waals surface area contributed by atoms with Crippen LogP contribution in [-0.2, 0) is 11.2 Å². The molecule has 0 aliphatic rings. The number of rotatable bonds is 5. The van der Waals surface area contributed by atoms with Crippen molar-refractivity contribution in [3.8, 4) is 22.0 Å². The van der Waals surface area contributed by atoms with Crippen LogP contribution in [0, 0.1) is 13.8 Å². The zero-order valence-corrected chi connectivity index (χ0v) is 16.4. The van der Waals surface area contributed by atoms with Crippen LogP contribution in [0.25, 0.3) is 22.0 Å². The molecule has 4 rings (SSSR count). The van der Waals surface area contributed by atoms with Crippen molar-refractivity contribution < 1.29 is 9.21 Å². The first-order valence-electron chi connectivity index (χ1n) is 8.91. The van der Waals surface area contributed by atoms with E-state index in [4.69, 9.17) is 4.42 Å². The molecule has 0 fully saturated rings. The second-order valence-electron chi connectivity index (χ2n) is 6.53. The van der Waals surface area contributed by atoms with Crippen molar-refractivity contribution >= 4 is 22.9 Å². The third kappa shape index (κ3) is 4.02. The fourth-order valence-corrected chi connectivity index (χ4v) is 3.56. The number of aromatic nitrogens is 2. The van der Waals surface area contributed by atoms with Gasteiger partial charge in [0.25, 0.3) is 0 Å². The monoisotopic (exact) mass is 389 g/mol. The van der Waals surface area contributed by atoms with Crippen LogP contribution in [0.3, 0.4) is 0 Å². The lowest BCUT2D eigenvalue weighted by atomic mass is 10.1. The largest absolute Gasteiger partial charge is 0.441 e. The maximum absolute atomic E-state index is 12.4. The van der Waals surface area contributed by atoms with Crippen molar-refractivity contribution in [3.05, 3.63) is 77.1 Å². The third-order valence-corrected chi connectivity index (χ3v) is 5.16. The van der Waals surface area contributed by atoms with Crippen LogP contribution in [0.4, 0.5) is 5.69 Å². The lowest BCUT2D eigenvalue weighted by Gasteiger charge is -2.05. The summed E-state index contributed by atoms with van der Waals surface area (Å²) in [5.41, 5.74) is 4.46. The smallest absolute Gasteiger partial charge is 0.230 e. The quantitative estimate of drug-likeness (QED) is 0.505. The molecule has 0 spiro atoms. The van der Waals surface area contributed by atoms with Crippen LogP contribution >= 0.6 is 11.3 Å². The van der Waals surface area contributed by atoms with Crippen LogP contribution in [-0.4, -0.2) is 15.9 Å². The molecule has 0 bridgehead atoms. The van der Waals surface area contributed by atoms with Gasteiger partial charge in [0.05, 0.1) is 12.1 Å². The standard InChI is InChI=1S/C22H19N3O2S/c1-14-4-3-5-17(12-14)21-25-19(15(2)27-21)13-20(26)24-18-8-6-16(7-9-18)22-23-10-11-28-22/h3-12H,13H2,1-2H3,(H,24,26). The molecular weight excluding hydrogens is 370 g/mol. The van der Waals surface area contributed by atoms with Crippen LogP contribution < -0.4 is 5.32 Å². The summed E-state index contributed by atoms with van der Waals surface area (Å²) in [6.07, 6.45) is 1.94. The van der Waals surface area contributed by atoms with E-state index < -0.39 is 0 Å². The van der Waals surface area contributed by atoms with Crippen LogP contribution in [0.5, 0.6) is 0 Å². The predicted molar refractivity (Wildman–Crippen MR) is 111 cm³/mol. The number of hydrogen-bond acceptors (Lipinski definition) is 5. The molecule has 0 aliphatic heterocycles. The molecule has 140 valence electrons. The van der Waals surface area contributed by atoms with Crippen molar-refractivity contribution in [1.82, 2.24) is 9.97 Å². The van der Waals surface area contributed by atoms with Crippen molar-refractivity contribution in [1.29, 1.82) is 0 Å². The summed E-state index contributed by atoms with van der Waals surface area (Å²) in [5, 5.41) is 5.81. The van der Waals surface area contributed by atoms with Gasteiger partial charge in [-0.25, -0.2) is 9.97 Å². The molecule has 2 aromatic carbocycles. The van der Waals surface area contributed by atoms with Gasteiger partial charge in [0.2, 0.25) is 11.8 Å². The Morgan fingerprint density at radius 3 is 2.64 bits per heavy atom. The Balaban J connectivity index is 1.44. The maximum Gasteiger partial charge on any atom is 0.230 e. The van der Waals surface area contributed by atoms with Crippen LogP contribution in [0.1, 0.15) is 17.0 Å². The van der Waals surface area contributed by atoms with Crippen LogP contribution in [0.2, 0.25) is 0 Å². The van der Waals surface area contributed by atoms with E-state index in [1.54, 1.807) is 17.5 Å². The Labute approximate surface area is 167 Å². The maximum atomic E-state index is 12.4. The predicted octanol–water partition coefficient (Wildman–Crippen LogP) is 5.26. The van der Waals surface area contributed by atoms with E-state index in [2.05, 4.69) is 15.3 Å². The molecule has 28 heavy (non-hydrogen) atoms. The van der Waals surface area contributed by atoms with Gasteiger partial charge in [-0.1, -0.05) is 17.7 Å². The average molecular weight is 389 g/mol. The molecule has 2 aromatic heterocycles. The van der Waals surface area contributed by atoms with E-state index in [0.29, 0.717) is 17.3 Å². The fraction of sp³-hybridized carbons (Fsp3) is 0.136. The summed E-state index contributed by atoms with van der Waals surface area (Å²) in [4.78, 5) is 21.2. The van der Waals surface area contributed by atoms with Gasteiger partial charge in [-0.05, 0) is 50.2 Å². The number of carbonyl (C=O) groups is 1. The summed E-state index contributed by atoms with van der Waals surface area (Å²) < 4.78 is 5.77. The molecule has 0 aliphatic carbocycles. The number of aryl methyl sites for hydroxylation is 2. The number of benzene rings is 2. The van der Waals surface area contributed by atoms with E-state index >= 15 is 0 Å². The number of nitrogens with one attached hydrogen (secondary N) is 1. The normalized spacial score (nSPS) is 10.8. The molecule has 0 radical (unpaired) electrons. The molecule has 4 aromatic rings. The zero-order chi connectivity index (χ0) is 19.5. The molecular formula is C22H19N3O2S. The fourth-order valence-electron chi connectivity index (χ4n) is 2.91. The third-order valence-electron chi connectivity index (χ3n) is 4.33. The van der Waals surface area contributed by atoms with Crippen molar-refractivity contribution in [2.45, 2.75) is 20.3 Å².